The second-order valence-corrected chi connectivity index (χ2v) is 11.7. The van der Waals surface area contributed by atoms with Crippen LogP contribution in [0.5, 0.6) is 0 Å². The van der Waals surface area contributed by atoms with Gasteiger partial charge in [0.25, 0.3) is 0 Å². The largest absolute Gasteiger partial charge is 0.340 e. The van der Waals surface area contributed by atoms with Crippen molar-refractivity contribution in [2.45, 2.75) is 44.0 Å². The van der Waals surface area contributed by atoms with Gasteiger partial charge in [0.2, 0.25) is 10.0 Å². The fourth-order valence-electron chi connectivity index (χ4n) is 4.89. The first-order valence-electron chi connectivity index (χ1n) is 13.4. The zero-order valence-electron chi connectivity index (χ0n) is 22.0. The van der Waals surface area contributed by atoms with Gasteiger partial charge in [0.15, 0.2) is 0 Å². The summed E-state index contributed by atoms with van der Waals surface area (Å²) in [7, 11) is -3.52. The van der Waals surface area contributed by atoms with E-state index in [0.29, 0.717) is 31.1 Å². The average Bonchev–Trinajstić information content (AvgIpc) is 2.96. The summed E-state index contributed by atoms with van der Waals surface area (Å²) in [5.74, 6) is 1.49. The highest BCUT2D eigenvalue weighted by Gasteiger charge is 2.31. The molecule has 7 nitrogen and oxygen atoms in total. The van der Waals surface area contributed by atoms with Crippen LogP contribution in [-0.4, -0.2) is 53.8 Å². The van der Waals surface area contributed by atoms with Crippen molar-refractivity contribution in [2.75, 3.05) is 31.5 Å². The maximum absolute atomic E-state index is 13.3. The first-order chi connectivity index (χ1) is 18.5. The van der Waals surface area contributed by atoms with Crippen LogP contribution in [0.25, 0.3) is 10.9 Å². The number of anilines is 2. The lowest BCUT2D eigenvalue weighted by Crippen LogP contribution is -2.49. The number of sulfonamides is 1. The minimum Gasteiger partial charge on any atom is -0.340 e. The first kappa shape index (κ1) is 26.3. The molecule has 8 heteroatoms. The number of aromatic nitrogens is 2. The van der Waals surface area contributed by atoms with Crippen molar-refractivity contribution in [3.8, 4) is 0 Å². The molecule has 1 saturated heterocycles. The molecule has 0 spiro atoms. The Balaban J connectivity index is 1.30. The van der Waals surface area contributed by atoms with E-state index in [-0.39, 0.29) is 6.04 Å². The minimum absolute atomic E-state index is 0.0568. The number of para-hydroxylation sites is 2. The predicted molar refractivity (Wildman–Crippen MR) is 153 cm³/mol. The summed E-state index contributed by atoms with van der Waals surface area (Å²) in [6.45, 7) is 6.36. The molecule has 0 radical (unpaired) electrons. The standard InChI is InChI=1S/C30H35N5O2S/c1-3-4-10-24-15-17-26(18-16-24)38(36,37)35-21-19-34(20-22-35)23(2)29-32-28-14-9-8-13-27(28)30(33-29)31-25-11-6-5-7-12-25/h5-9,11-18,23H,3-4,10,19-22H2,1-2H3,(H,31,32,33)/t23-/m1/s1. The number of nitrogens with one attached hydrogen (secondary N) is 1. The van der Waals surface area contributed by atoms with Gasteiger partial charge in [0.05, 0.1) is 16.5 Å². The third-order valence-corrected chi connectivity index (χ3v) is 9.14. The lowest BCUT2D eigenvalue weighted by atomic mass is 10.1. The van der Waals surface area contributed by atoms with Gasteiger partial charge in [-0.05, 0) is 61.7 Å². The van der Waals surface area contributed by atoms with E-state index in [1.165, 1.54) is 5.56 Å². The summed E-state index contributed by atoms with van der Waals surface area (Å²) in [6.07, 6.45) is 3.21. The lowest BCUT2D eigenvalue weighted by Gasteiger charge is -2.37. The fraction of sp³-hybridized carbons (Fsp3) is 0.333. The third-order valence-electron chi connectivity index (χ3n) is 7.23. The number of rotatable bonds is 9. The van der Waals surface area contributed by atoms with E-state index in [0.717, 1.165) is 47.5 Å². The van der Waals surface area contributed by atoms with Gasteiger partial charge in [0.1, 0.15) is 11.6 Å². The molecule has 1 aliphatic heterocycles. The zero-order chi connectivity index (χ0) is 26.5. The maximum atomic E-state index is 13.3. The predicted octanol–water partition coefficient (Wildman–Crippen LogP) is 5.78. The van der Waals surface area contributed by atoms with Crippen molar-refractivity contribution in [1.29, 1.82) is 0 Å². The number of aryl methyl sites for hydroxylation is 1. The molecule has 0 unspecified atom stereocenters. The zero-order valence-corrected chi connectivity index (χ0v) is 22.9. The van der Waals surface area contributed by atoms with Crippen LogP contribution in [0, 0.1) is 0 Å². The van der Waals surface area contributed by atoms with Gasteiger partial charge in [-0.15, -0.1) is 0 Å². The molecule has 1 N–H and O–H groups in total. The van der Waals surface area contributed by atoms with Gasteiger partial charge in [-0.3, -0.25) is 4.90 Å². The summed E-state index contributed by atoms with van der Waals surface area (Å²) in [5.41, 5.74) is 3.03. The van der Waals surface area contributed by atoms with Crippen molar-refractivity contribution in [1.82, 2.24) is 19.2 Å². The number of unbranched alkanes of at least 4 members (excludes halogenated alkanes) is 1. The fourth-order valence-corrected chi connectivity index (χ4v) is 6.31. The summed E-state index contributed by atoms with van der Waals surface area (Å²) in [6, 6.07) is 25.3. The molecule has 1 aliphatic rings. The summed E-state index contributed by atoms with van der Waals surface area (Å²) in [4.78, 5) is 12.4. The molecule has 0 saturated carbocycles. The van der Waals surface area contributed by atoms with Gasteiger partial charge in [-0.25, -0.2) is 18.4 Å². The van der Waals surface area contributed by atoms with E-state index in [1.54, 1.807) is 16.4 Å². The van der Waals surface area contributed by atoms with E-state index >= 15 is 0 Å². The Labute approximate surface area is 225 Å². The Morgan fingerprint density at radius 1 is 0.868 bits per heavy atom. The Bertz CT molecular complexity index is 1470. The van der Waals surface area contributed by atoms with E-state index in [9.17, 15) is 8.42 Å². The normalized spacial score (nSPS) is 15.9. The van der Waals surface area contributed by atoms with E-state index < -0.39 is 10.0 Å². The van der Waals surface area contributed by atoms with Gasteiger partial charge in [-0.2, -0.15) is 4.31 Å². The summed E-state index contributed by atoms with van der Waals surface area (Å²) < 4.78 is 28.2. The van der Waals surface area contributed by atoms with Crippen LogP contribution in [0.1, 0.15) is 44.1 Å². The van der Waals surface area contributed by atoms with E-state index in [4.69, 9.17) is 9.97 Å². The number of piperazine rings is 1. The Kier molecular flexibility index (Phi) is 8.02. The second-order valence-electron chi connectivity index (χ2n) is 9.80. The lowest BCUT2D eigenvalue weighted by molar-refractivity contribution is 0.141. The molecule has 0 aliphatic carbocycles. The van der Waals surface area contributed by atoms with E-state index in [1.807, 2.05) is 66.7 Å². The van der Waals surface area contributed by atoms with Crippen LogP contribution in [-0.2, 0) is 16.4 Å². The number of benzene rings is 3. The molecular weight excluding hydrogens is 494 g/mol. The molecule has 1 fully saturated rings. The van der Waals surface area contributed by atoms with Crippen molar-refractivity contribution in [3.05, 3.63) is 90.3 Å². The molecule has 3 aromatic carbocycles. The highest BCUT2D eigenvalue weighted by atomic mass is 32.2. The topological polar surface area (TPSA) is 78.4 Å². The molecule has 1 aromatic heterocycles. The monoisotopic (exact) mass is 529 g/mol. The smallest absolute Gasteiger partial charge is 0.243 e. The molecule has 38 heavy (non-hydrogen) atoms. The van der Waals surface area contributed by atoms with Crippen LogP contribution < -0.4 is 5.32 Å². The molecule has 1 atom stereocenters. The quantitative estimate of drug-likeness (QED) is 0.296. The molecule has 5 rings (SSSR count). The van der Waals surface area contributed by atoms with Gasteiger partial charge in [0, 0.05) is 37.3 Å². The van der Waals surface area contributed by atoms with Gasteiger partial charge >= 0.3 is 0 Å². The van der Waals surface area contributed by atoms with Crippen LogP contribution in [0.15, 0.2) is 83.8 Å². The van der Waals surface area contributed by atoms with Gasteiger partial charge < -0.3 is 5.32 Å². The highest BCUT2D eigenvalue weighted by Crippen LogP contribution is 2.28. The molecule has 4 aromatic rings. The SMILES string of the molecule is CCCCc1ccc(S(=O)(=O)N2CCN([C@H](C)c3nc(Nc4ccccc4)c4ccccc4n3)CC2)cc1. The van der Waals surface area contributed by atoms with Crippen molar-refractivity contribution in [2.24, 2.45) is 0 Å². The van der Waals surface area contributed by atoms with Crippen molar-refractivity contribution in [3.63, 3.8) is 0 Å². The number of hydrogen-bond acceptors (Lipinski definition) is 6. The van der Waals surface area contributed by atoms with Crippen LogP contribution in [0.2, 0.25) is 0 Å². The van der Waals surface area contributed by atoms with Crippen molar-refractivity contribution >= 4 is 32.4 Å². The summed E-state index contributed by atoms with van der Waals surface area (Å²) in [5, 5.41) is 4.41. The molecule has 0 bridgehead atoms. The molecule has 198 valence electrons. The number of nitrogens with zero attached hydrogens (tertiary/aromatic N) is 4. The molecular formula is C30H35N5O2S. The third kappa shape index (κ3) is 5.72. The van der Waals surface area contributed by atoms with Crippen molar-refractivity contribution < 1.29 is 8.42 Å². The number of hydrogen-bond donors (Lipinski definition) is 1. The molecule has 2 heterocycles. The second kappa shape index (κ2) is 11.6. The maximum Gasteiger partial charge on any atom is 0.243 e. The Morgan fingerprint density at radius 3 is 2.26 bits per heavy atom. The van der Waals surface area contributed by atoms with Crippen LogP contribution >= 0.6 is 0 Å². The highest BCUT2D eigenvalue weighted by molar-refractivity contribution is 7.89. The Morgan fingerprint density at radius 2 is 1.55 bits per heavy atom. The summed E-state index contributed by atoms with van der Waals surface area (Å²) >= 11 is 0. The van der Waals surface area contributed by atoms with Gasteiger partial charge in [-0.1, -0.05) is 55.8 Å². The number of fused-ring (bicyclic) bond motifs is 1. The average molecular weight is 530 g/mol. The molecule has 0 amide bonds. The van der Waals surface area contributed by atoms with Crippen LogP contribution in [0.3, 0.4) is 0 Å². The van der Waals surface area contributed by atoms with E-state index in [2.05, 4.69) is 24.1 Å². The van der Waals surface area contributed by atoms with Crippen LogP contribution in [0.4, 0.5) is 11.5 Å². The minimum atomic E-state index is -3.52. The Hall–Kier alpha value is -3.33. The first-order valence-corrected chi connectivity index (χ1v) is 14.8.